The maximum Gasteiger partial charge on any atom is 0.236 e. The fraction of sp³-hybridized carbons (Fsp3) is 0.364. The summed E-state index contributed by atoms with van der Waals surface area (Å²) >= 11 is 0. The van der Waals surface area contributed by atoms with Crippen LogP contribution in [-0.2, 0) is 4.79 Å². The third kappa shape index (κ3) is 3.20. The van der Waals surface area contributed by atoms with Crippen LogP contribution in [0.5, 0.6) is 0 Å². The average Bonchev–Trinajstić information content (AvgIpc) is 2.25. The van der Waals surface area contributed by atoms with Gasteiger partial charge in [-0.1, -0.05) is 6.07 Å². The normalized spacial score (nSPS) is 12.2. The van der Waals surface area contributed by atoms with Crippen molar-refractivity contribution >= 4 is 11.6 Å². The molecule has 0 saturated heterocycles. The van der Waals surface area contributed by atoms with Crippen molar-refractivity contribution in [2.75, 3.05) is 25.5 Å². The molecule has 0 aliphatic rings. The van der Waals surface area contributed by atoms with Crippen LogP contribution in [0, 0.1) is 5.82 Å². The molecular weight excluding hydrogens is 209 g/mol. The first-order valence-electron chi connectivity index (χ1n) is 4.98. The van der Waals surface area contributed by atoms with Gasteiger partial charge in [-0.15, -0.1) is 0 Å². The Balaban J connectivity index is 2.71. The Bertz CT molecular complexity index is 370. The number of nitrogens with zero attached hydrogens (tertiary/aromatic N) is 1. The van der Waals surface area contributed by atoms with Crippen LogP contribution in [0.4, 0.5) is 10.1 Å². The lowest BCUT2D eigenvalue weighted by Crippen LogP contribution is -2.46. The Morgan fingerprint density at radius 2 is 2.31 bits per heavy atom. The lowest BCUT2D eigenvalue weighted by molar-refractivity contribution is -0.119. The van der Waals surface area contributed by atoms with Crippen LogP contribution < -0.4 is 16.0 Å². The van der Waals surface area contributed by atoms with Crippen LogP contribution in [0.15, 0.2) is 24.3 Å². The Morgan fingerprint density at radius 3 is 2.81 bits per heavy atom. The van der Waals surface area contributed by atoms with Gasteiger partial charge in [0.2, 0.25) is 5.91 Å². The van der Waals surface area contributed by atoms with E-state index in [0.29, 0.717) is 12.2 Å². The molecule has 88 valence electrons. The van der Waals surface area contributed by atoms with E-state index in [4.69, 9.17) is 5.73 Å². The highest BCUT2D eigenvalue weighted by molar-refractivity contribution is 5.80. The number of benzene rings is 1. The molecule has 1 aromatic carbocycles. The van der Waals surface area contributed by atoms with Gasteiger partial charge in [-0.05, 0) is 25.2 Å². The number of amides is 1. The fourth-order valence-electron chi connectivity index (χ4n) is 1.42. The van der Waals surface area contributed by atoms with E-state index < -0.39 is 11.9 Å². The van der Waals surface area contributed by atoms with Crippen LogP contribution >= 0.6 is 0 Å². The number of rotatable bonds is 5. The van der Waals surface area contributed by atoms with E-state index in [0.717, 1.165) is 0 Å². The fourth-order valence-corrected chi connectivity index (χ4v) is 1.42. The number of nitrogens with one attached hydrogen (secondary N) is 1. The number of carbonyl (C=O) groups is 1. The van der Waals surface area contributed by atoms with Gasteiger partial charge in [0.05, 0.1) is 0 Å². The Hall–Kier alpha value is -1.62. The molecule has 0 heterocycles. The number of anilines is 1. The third-order valence-corrected chi connectivity index (χ3v) is 2.40. The first-order valence-corrected chi connectivity index (χ1v) is 4.98. The van der Waals surface area contributed by atoms with Crippen molar-refractivity contribution in [3.8, 4) is 0 Å². The highest BCUT2D eigenvalue weighted by atomic mass is 19.1. The van der Waals surface area contributed by atoms with E-state index in [1.807, 2.05) is 0 Å². The minimum Gasteiger partial charge on any atom is -0.372 e. The van der Waals surface area contributed by atoms with Crippen LogP contribution in [0.25, 0.3) is 0 Å². The molecule has 0 aromatic heterocycles. The van der Waals surface area contributed by atoms with Gasteiger partial charge in [-0.3, -0.25) is 4.79 Å². The second-order valence-corrected chi connectivity index (χ2v) is 3.60. The van der Waals surface area contributed by atoms with Gasteiger partial charge >= 0.3 is 0 Å². The van der Waals surface area contributed by atoms with Gasteiger partial charge in [0.1, 0.15) is 11.9 Å². The molecule has 1 atom stereocenters. The highest BCUT2D eigenvalue weighted by Crippen LogP contribution is 2.13. The second-order valence-electron chi connectivity index (χ2n) is 3.60. The van der Waals surface area contributed by atoms with E-state index in [1.165, 1.54) is 12.1 Å². The van der Waals surface area contributed by atoms with Gasteiger partial charge in [-0.2, -0.15) is 0 Å². The maximum absolute atomic E-state index is 13.0. The van der Waals surface area contributed by atoms with E-state index in [1.54, 1.807) is 31.1 Å². The predicted molar refractivity (Wildman–Crippen MR) is 61.7 cm³/mol. The van der Waals surface area contributed by atoms with E-state index in [-0.39, 0.29) is 5.82 Å². The summed E-state index contributed by atoms with van der Waals surface area (Å²) in [5.74, 6) is -0.727. The first kappa shape index (κ1) is 12.4. The van der Waals surface area contributed by atoms with Crippen LogP contribution in [0.1, 0.15) is 0 Å². The van der Waals surface area contributed by atoms with Gasteiger partial charge in [0.25, 0.3) is 0 Å². The SMILES string of the molecule is CNC(CN(C)c1cccc(F)c1)C(N)=O. The van der Waals surface area contributed by atoms with E-state index in [2.05, 4.69) is 5.32 Å². The summed E-state index contributed by atoms with van der Waals surface area (Å²) in [5.41, 5.74) is 5.91. The number of nitrogens with two attached hydrogens (primary N) is 1. The van der Waals surface area contributed by atoms with Crippen molar-refractivity contribution < 1.29 is 9.18 Å². The van der Waals surface area contributed by atoms with Crippen molar-refractivity contribution in [3.05, 3.63) is 30.1 Å². The second kappa shape index (κ2) is 5.46. The van der Waals surface area contributed by atoms with Crippen molar-refractivity contribution in [2.45, 2.75) is 6.04 Å². The molecule has 0 fully saturated rings. The van der Waals surface area contributed by atoms with E-state index >= 15 is 0 Å². The molecule has 1 amide bonds. The number of carbonyl (C=O) groups excluding carboxylic acids is 1. The van der Waals surface area contributed by atoms with Gasteiger partial charge in [0.15, 0.2) is 0 Å². The molecule has 16 heavy (non-hydrogen) atoms. The Kier molecular flexibility index (Phi) is 4.25. The molecule has 0 saturated carbocycles. The maximum atomic E-state index is 13.0. The largest absolute Gasteiger partial charge is 0.372 e. The van der Waals surface area contributed by atoms with E-state index in [9.17, 15) is 9.18 Å². The quantitative estimate of drug-likeness (QED) is 0.759. The third-order valence-electron chi connectivity index (χ3n) is 2.40. The summed E-state index contributed by atoms with van der Waals surface area (Å²) in [4.78, 5) is 12.8. The summed E-state index contributed by atoms with van der Waals surface area (Å²) in [6.45, 7) is 0.398. The summed E-state index contributed by atoms with van der Waals surface area (Å²) < 4.78 is 13.0. The molecule has 0 aliphatic heterocycles. The molecule has 0 radical (unpaired) electrons. The van der Waals surface area contributed by atoms with Crippen molar-refractivity contribution in [3.63, 3.8) is 0 Å². The molecule has 0 spiro atoms. The number of halogens is 1. The summed E-state index contributed by atoms with van der Waals surface area (Å²) in [7, 11) is 3.44. The highest BCUT2D eigenvalue weighted by Gasteiger charge is 2.15. The zero-order valence-corrected chi connectivity index (χ0v) is 9.40. The number of primary amides is 1. The molecule has 1 rings (SSSR count). The molecule has 0 bridgehead atoms. The Morgan fingerprint density at radius 1 is 1.62 bits per heavy atom. The van der Waals surface area contributed by atoms with Crippen LogP contribution in [-0.4, -0.2) is 32.6 Å². The number of hydrogen-bond acceptors (Lipinski definition) is 3. The molecule has 1 unspecified atom stereocenters. The first-order chi connectivity index (χ1) is 7.54. The average molecular weight is 225 g/mol. The molecule has 4 nitrogen and oxygen atoms in total. The molecular formula is C11H16FN3O. The smallest absolute Gasteiger partial charge is 0.236 e. The number of hydrogen-bond donors (Lipinski definition) is 2. The minimum absolute atomic E-state index is 0.301. The molecule has 3 N–H and O–H groups in total. The minimum atomic E-state index is -0.451. The zero-order chi connectivity index (χ0) is 12.1. The number of likely N-dealkylation sites (N-methyl/N-ethyl adjacent to an activating group) is 2. The van der Waals surface area contributed by atoms with Gasteiger partial charge in [-0.25, -0.2) is 4.39 Å². The van der Waals surface area contributed by atoms with Gasteiger partial charge in [0, 0.05) is 19.3 Å². The lowest BCUT2D eigenvalue weighted by Gasteiger charge is -2.23. The van der Waals surface area contributed by atoms with Crippen molar-refractivity contribution in [2.24, 2.45) is 5.73 Å². The lowest BCUT2D eigenvalue weighted by atomic mass is 10.2. The zero-order valence-electron chi connectivity index (χ0n) is 9.40. The summed E-state index contributed by atoms with van der Waals surface area (Å²) in [6, 6.07) is 5.74. The standard InChI is InChI=1S/C11H16FN3O/c1-14-10(11(13)16)7-15(2)9-5-3-4-8(12)6-9/h3-6,10,14H,7H2,1-2H3,(H2,13,16). The summed E-state index contributed by atoms with van der Waals surface area (Å²) in [5, 5.41) is 2.81. The Labute approximate surface area is 94.2 Å². The van der Waals surface area contributed by atoms with Crippen LogP contribution in [0.2, 0.25) is 0 Å². The van der Waals surface area contributed by atoms with Crippen molar-refractivity contribution in [1.82, 2.24) is 5.32 Å². The molecule has 5 heteroatoms. The predicted octanol–water partition coefficient (Wildman–Crippen LogP) is 0.335. The monoisotopic (exact) mass is 225 g/mol. The molecule has 0 aliphatic carbocycles. The van der Waals surface area contributed by atoms with Gasteiger partial charge < -0.3 is 16.0 Å². The summed E-state index contributed by atoms with van der Waals surface area (Å²) in [6.07, 6.45) is 0. The topological polar surface area (TPSA) is 58.4 Å². The van der Waals surface area contributed by atoms with Crippen molar-refractivity contribution in [1.29, 1.82) is 0 Å². The van der Waals surface area contributed by atoms with Crippen LogP contribution in [0.3, 0.4) is 0 Å². The molecule has 1 aromatic rings.